The number of methoxy groups -OCH3 is 1. The average molecular weight is 320 g/mol. The highest BCUT2D eigenvalue weighted by atomic mass is 16.5. The SMILES string of the molecule is COc1nccnc1OC1CCCN(C(=O)C2CCC(=O)N2)C1. The van der Waals surface area contributed by atoms with Crippen molar-refractivity contribution in [2.24, 2.45) is 0 Å². The van der Waals surface area contributed by atoms with Crippen LogP contribution in [0.1, 0.15) is 25.7 Å². The van der Waals surface area contributed by atoms with Gasteiger partial charge < -0.3 is 19.7 Å². The number of carbonyl (C=O) groups is 2. The number of nitrogens with zero attached hydrogens (tertiary/aromatic N) is 3. The number of hydrogen-bond acceptors (Lipinski definition) is 6. The molecule has 2 aliphatic rings. The van der Waals surface area contributed by atoms with Crippen molar-refractivity contribution in [3.63, 3.8) is 0 Å². The summed E-state index contributed by atoms with van der Waals surface area (Å²) in [4.78, 5) is 33.7. The molecule has 1 aromatic rings. The van der Waals surface area contributed by atoms with E-state index < -0.39 is 6.04 Å². The molecule has 8 heteroatoms. The van der Waals surface area contributed by atoms with E-state index >= 15 is 0 Å². The van der Waals surface area contributed by atoms with Gasteiger partial charge in [-0.15, -0.1) is 0 Å². The second-order valence-corrected chi connectivity index (χ2v) is 5.70. The molecular weight excluding hydrogens is 300 g/mol. The first-order valence-electron chi connectivity index (χ1n) is 7.77. The van der Waals surface area contributed by atoms with Gasteiger partial charge in [-0.3, -0.25) is 9.59 Å². The van der Waals surface area contributed by atoms with Crippen molar-refractivity contribution >= 4 is 11.8 Å². The summed E-state index contributed by atoms with van der Waals surface area (Å²) in [6.07, 6.45) is 5.58. The van der Waals surface area contributed by atoms with E-state index in [1.54, 1.807) is 4.90 Å². The first-order valence-corrected chi connectivity index (χ1v) is 7.77. The zero-order valence-corrected chi connectivity index (χ0v) is 13.0. The highest BCUT2D eigenvalue weighted by Gasteiger charge is 2.34. The Bertz CT molecular complexity index is 595. The van der Waals surface area contributed by atoms with E-state index in [0.29, 0.717) is 37.7 Å². The molecule has 2 aliphatic heterocycles. The molecule has 0 aromatic carbocycles. The molecule has 0 radical (unpaired) electrons. The second kappa shape index (κ2) is 6.80. The molecule has 0 bridgehead atoms. The number of ether oxygens (including phenoxy) is 2. The van der Waals surface area contributed by atoms with Crippen LogP contribution in [0.5, 0.6) is 11.8 Å². The Balaban J connectivity index is 1.62. The van der Waals surface area contributed by atoms with E-state index in [2.05, 4.69) is 15.3 Å². The van der Waals surface area contributed by atoms with Crippen LogP contribution in [0, 0.1) is 0 Å². The van der Waals surface area contributed by atoms with Gasteiger partial charge in [-0.25, -0.2) is 9.97 Å². The second-order valence-electron chi connectivity index (χ2n) is 5.70. The van der Waals surface area contributed by atoms with Crippen LogP contribution in [0.15, 0.2) is 12.4 Å². The molecule has 8 nitrogen and oxygen atoms in total. The lowest BCUT2D eigenvalue weighted by molar-refractivity contribution is -0.136. The van der Waals surface area contributed by atoms with Gasteiger partial charge in [-0.2, -0.15) is 0 Å². The summed E-state index contributed by atoms with van der Waals surface area (Å²) in [5, 5.41) is 2.72. The van der Waals surface area contributed by atoms with Crippen LogP contribution >= 0.6 is 0 Å². The molecule has 2 amide bonds. The van der Waals surface area contributed by atoms with Crippen LogP contribution in [-0.2, 0) is 9.59 Å². The summed E-state index contributed by atoms with van der Waals surface area (Å²) < 4.78 is 11.0. The van der Waals surface area contributed by atoms with Crippen LogP contribution in [0.2, 0.25) is 0 Å². The molecule has 2 saturated heterocycles. The van der Waals surface area contributed by atoms with Gasteiger partial charge in [0.1, 0.15) is 12.1 Å². The van der Waals surface area contributed by atoms with Gasteiger partial charge in [0, 0.05) is 25.4 Å². The van der Waals surface area contributed by atoms with Crippen molar-refractivity contribution in [2.75, 3.05) is 20.2 Å². The normalized spacial score (nSPS) is 24.2. The minimum absolute atomic E-state index is 0.0322. The predicted molar refractivity (Wildman–Crippen MR) is 80.0 cm³/mol. The van der Waals surface area contributed by atoms with E-state index in [-0.39, 0.29) is 17.9 Å². The highest BCUT2D eigenvalue weighted by molar-refractivity contribution is 5.90. The molecule has 0 saturated carbocycles. The summed E-state index contributed by atoms with van der Waals surface area (Å²) in [5.41, 5.74) is 0. The fourth-order valence-corrected chi connectivity index (χ4v) is 2.95. The molecule has 1 aromatic heterocycles. The van der Waals surface area contributed by atoms with E-state index in [4.69, 9.17) is 9.47 Å². The third-order valence-corrected chi connectivity index (χ3v) is 4.09. The van der Waals surface area contributed by atoms with E-state index in [1.165, 1.54) is 19.5 Å². The lowest BCUT2D eigenvalue weighted by Crippen LogP contribution is -2.50. The van der Waals surface area contributed by atoms with Gasteiger partial charge in [0.15, 0.2) is 0 Å². The number of piperidine rings is 1. The number of likely N-dealkylation sites (tertiary alicyclic amines) is 1. The Morgan fingerprint density at radius 2 is 2.09 bits per heavy atom. The first-order chi connectivity index (χ1) is 11.2. The smallest absolute Gasteiger partial charge is 0.278 e. The number of hydrogen-bond donors (Lipinski definition) is 1. The van der Waals surface area contributed by atoms with E-state index in [0.717, 1.165) is 12.8 Å². The topological polar surface area (TPSA) is 93.7 Å². The maximum atomic E-state index is 12.5. The summed E-state index contributed by atoms with van der Waals surface area (Å²) >= 11 is 0. The van der Waals surface area contributed by atoms with Gasteiger partial charge in [0.2, 0.25) is 11.8 Å². The summed E-state index contributed by atoms with van der Waals surface area (Å²) in [5.74, 6) is 0.579. The zero-order chi connectivity index (χ0) is 16.2. The number of aromatic nitrogens is 2. The largest absolute Gasteiger partial charge is 0.477 e. The third kappa shape index (κ3) is 3.52. The fraction of sp³-hybridized carbons (Fsp3) is 0.600. The molecule has 2 unspecified atom stereocenters. The van der Waals surface area contributed by atoms with Crippen molar-refractivity contribution in [3.8, 4) is 11.8 Å². The van der Waals surface area contributed by atoms with E-state index in [9.17, 15) is 9.59 Å². The van der Waals surface area contributed by atoms with Crippen LogP contribution in [0.3, 0.4) is 0 Å². The molecule has 23 heavy (non-hydrogen) atoms. The number of nitrogens with one attached hydrogen (secondary N) is 1. The molecule has 0 spiro atoms. The quantitative estimate of drug-likeness (QED) is 0.848. The Morgan fingerprint density at radius 3 is 2.78 bits per heavy atom. The molecule has 124 valence electrons. The van der Waals surface area contributed by atoms with E-state index in [1.807, 2.05) is 0 Å². The maximum absolute atomic E-state index is 12.5. The summed E-state index contributed by atoms with van der Waals surface area (Å²) in [7, 11) is 1.51. The van der Waals surface area contributed by atoms with Crippen LogP contribution in [0.25, 0.3) is 0 Å². The molecule has 3 heterocycles. The number of carbonyl (C=O) groups excluding carboxylic acids is 2. The molecule has 2 fully saturated rings. The van der Waals surface area contributed by atoms with Gasteiger partial charge in [0.25, 0.3) is 11.8 Å². The van der Waals surface area contributed by atoms with Crippen molar-refractivity contribution in [1.82, 2.24) is 20.2 Å². The standard InChI is InChI=1S/C15H20N4O4/c1-22-13-14(17-7-6-16-13)23-10-3-2-8-19(9-10)15(21)11-4-5-12(20)18-11/h6-7,10-11H,2-5,8-9H2,1H3,(H,18,20). The minimum Gasteiger partial charge on any atom is -0.477 e. The monoisotopic (exact) mass is 320 g/mol. The van der Waals surface area contributed by atoms with Gasteiger partial charge >= 0.3 is 0 Å². The Hall–Kier alpha value is -2.38. The fourth-order valence-electron chi connectivity index (χ4n) is 2.95. The minimum atomic E-state index is -0.396. The van der Waals surface area contributed by atoms with Crippen LogP contribution in [0.4, 0.5) is 0 Å². The Morgan fingerprint density at radius 1 is 1.30 bits per heavy atom. The predicted octanol–water partition coefficient (Wildman–Crippen LogP) is 0.134. The summed E-state index contributed by atoms with van der Waals surface area (Å²) in [6.45, 7) is 1.16. The Labute approximate surface area is 134 Å². The molecular formula is C15H20N4O4. The van der Waals surface area contributed by atoms with Gasteiger partial charge in [0.05, 0.1) is 13.7 Å². The molecule has 0 aliphatic carbocycles. The van der Waals surface area contributed by atoms with Crippen LogP contribution in [-0.4, -0.2) is 59.0 Å². The number of rotatable bonds is 4. The van der Waals surface area contributed by atoms with Gasteiger partial charge in [-0.05, 0) is 19.3 Å². The molecule has 3 rings (SSSR count). The lowest BCUT2D eigenvalue weighted by atomic mass is 10.1. The highest BCUT2D eigenvalue weighted by Crippen LogP contribution is 2.24. The molecule has 1 N–H and O–H groups in total. The van der Waals surface area contributed by atoms with Gasteiger partial charge in [-0.1, -0.05) is 0 Å². The van der Waals surface area contributed by atoms with Crippen molar-refractivity contribution < 1.29 is 19.1 Å². The molecule has 2 atom stereocenters. The Kier molecular flexibility index (Phi) is 4.59. The third-order valence-electron chi connectivity index (χ3n) is 4.09. The van der Waals surface area contributed by atoms with Crippen molar-refractivity contribution in [2.45, 2.75) is 37.8 Å². The number of amides is 2. The van der Waals surface area contributed by atoms with Crippen LogP contribution < -0.4 is 14.8 Å². The van der Waals surface area contributed by atoms with Crippen molar-refractivity contribution in [1.29, 1.82) is 0 Å². The lowest BCUT2D eigenvalue weighted by Gasteiger charge is -2.34. The average Bonchev–Trinajstić information content (AvgIpc) is 3.01. The maximum Gasteiger partial charge on any atom is 0.278 e. The first kappa shape index (κ1) is 15.5. The zero-order valence-electron chi connectivity index (χ0n) is 13.0. The summed E-state index contributed by atoms with van der Waals surface area (Å²) in [6, 6.07) is -0.396. The van der Waals surface area contributed by atoms with Crippen molar-refractivity contribution in [3.05, 3.63) is 12.4 Å².